The summed E-state index contributed by atoms with van der Waals surface area (Å²) < 4.78 is 54.7. The van der Waals surface area contributed by atoms with Crippen LogP contribution in [-0.2, 0) is 27.7 Å². The summed E-state index contributed by atoms with van der Waals surface area (Å²) in [5.74, 6) is 0. The van der Waals surface area contributed by atoms with Crippen molar-refractivity contribution >= 4 is 29.1 Å². The van der Waals surface area contributed by atoms with Gasteiger partial charge in [-0.3, -0.25) is 20.0 Å². The van der Waals surface area contributed by atoms with Gasteiger partial charge in [0.05, 0.1) is 34.8 Å². The van der Waals surface area contributed by atoms with E-state index in [1.54, 1.807) is 6.07 Å². The van der Waals surface area contributed by atoms with Gasteiger partial charge in [-0.2, -0.15) is 13.2 Å². The Morgan fingerprint density at radius 3 is 2.47 bits per heavy atom. The van der Waals surface area contributed by atoms with Crippen LogP contribution in [0.3, 0.4) is 0 Å². The molecule has 0 saturated carbocycles. The predicted molar refractivity (Wildman–Crippen MR) is 177 cm³/mol. The molecule has 3 saturated heterocycles. The number of rotatable bonds is 9. The molecule has 0 aliphatic carbocycles. The first-order chi connectivity index (χ1) is 22.6. The van der Waals surface area contributed by atoms with Gasteiger partial charge in [-0.1, -0.05) is 29.8 Å². The van der Waals surface area contributed by atoms with Crippen LogP contribution in [0.4, 0.5) is 29.3 Å². The maximum Gasteiger partial charge on any atom is 0.418 e. The summed E-state index contributed by atoms with van der Waals surface area (Å²) in [4.78, 5) is 19.6. The van der Waals surface area contributed by atoms with Crippen molar-refractivity contribution in [3.63, 3.8) is 0 Å². The highest BCUT2D eigenvalue weighted by molar-refractivity contribution is 6.33. The van der Waals surface area contributed by atoms with E-state index in [1.807, 2.05) is 24.3 Å². The number of likely N-dealkylation sites (tertiary alicyclic amines) is 1. The van der Waals surface area contributed by atoms with Crippen molar-refractivity contribution in [1.29, 1.82) is 0 Å². The number of nitrogens with one attached hydrogen (secondary N) is 3. The average molecular weight is 679 g/mol. The number of carbonyl (C=O) groups is 1. The van der Waals surface area contributed by atoms with Crippen molar-refractivity contribution in [3.05, 3.63) is 58.1 Å². The zero-order chi connectivity index (χ0) is 33.2. The summed E-state index contributed by atoms with van der Waals surface area (Å²) in [5.41, 5.74) is 0.673. The molecule has 9 nitrogen and oxygen atoms in total. The second-order valence-electron chi connectivity index (χ2n) is 13.3. The number of amides is 1. The average Bonchev–Trinajstić information content (AvgIpc) is 3.07. The van der Waals surface area contributed by atoms with E-state index in [9.17, 15) is 18.0 Å². The Hall–Kier alpha value is -2.61. The second kappa shape index (κ2) is 14.5. The first kappa shape index (κ1) is 34.3. The maximum atomic E-state index is 14.0. The summed E-state index contributed by atoms with van der Waals surface area (Å²) in [7, 11) is 1.44. The molecule has 4 aliphatic rings. The molecule has 0 aromatic heterocycles. The van der Waals surface area contributed by atoms with Gasteiger partial charge in [0.25, 0.3) is 0 Å². The SMILES string of the molecule is CNc1c(Cl)cc(C[C@@H](OCN2CCC3(CC2)OC(=O)Nc2ccccc23)C(C)N2CCN(C3CCNCC3)CC2)cc1C(F)(F)F. The fourth-order valence-corrected chi connectivity index (χ4v) is 8.09. The number of hydrogen-bond acceptors (Lipinski definition) is 8. The molecule has 6 rings (SSSR count). The van der Waals surface area contributed by atoms with Crippen LogP contribution in [0.15, 0.2) is 36.4 Å². The molecule has 258 valence electrons. The number of piperidine rings is 2. The van der Waals surface area contributed by atoms with E-state index >= 15 is 0 Å². The van der Waals surface area contributed by atoms with E-state index in [2.05, 4.69) is 37.6 Å². The quantitative estimate of drug-likeness (QED) is 0.317. The van der Waals surface area contributed by atoms with Crippen molar-refractivity contribution < 1.29 is 27.4 Å². The Morgan fingerprint density at radius 1 is 1.09 bits per heavy atom. The summed E-state index contributed by atoms with van der Waals surface area (Å²) in [5, 5.41) is 8.90. The third-order valence-corrected chi connectivity index (χ3v) is 10.8. The van der Waals surface area contributed by atoms with Crippen LogP contribution >= 0.6 is 11.6 Å². The van der Waals surface area contributed by atoms with Gasteiger partial charge in [0.2, 0.25) is 0 Å². The Morgan fingerprint density at radius 2 is 1.79 bits per heavy atom. The number of anilines is 2. The van der Waals surface area contributed by atoms with Crippen LogP contribution in [0.1, 0.15) is 49.3 Å². The third-order valence-electron chi connectivity index (χ3n) is 10.5. The first-order valence-corrected chi connectivity index (χ1v) is 17.1. The lowest BCUT2D eigenvalue weighted by molar-refractivity contribution is -0.137. The van der Waals surface area contributed by atoms with Crippen molar-refractivity contribution in [1.82, 2.24) is 20.0 Å². The third kappa shape index (κ3) is 7.68. The van der Waals surface area contributed by atoms with Gasteiger partial charge in [0.1, 0.15) is 5.60 Å². The Kier molecular flexibility index (Phi) is 10.6. The van der Waals surface area contributed by atoms with Crippen LogP contribution in [0.2, 0.25) is 5.02 Å². The zero-order valence-electron chi connectivity index (χ0n) is 27.2. The van der Waals surface area contributed by atoms with Gasteiger partial charge in [0, 0.05) is 83.2 Å². The molecule has 0 radical (unpaired) electrons. The minimum atomic E-state index is -4.55. The smallest absolute Gasteiger partial charge is 0.418 e. The van der Waals surface area contributed by atoms with Crippen LogP contribution in [0.25, 0.3) is 0 Å². The number of carbonyl (C=O) groups excluding carboxylic acids is 1. The monoisotopic (exact) mass is 678 g/mol. The lowest BCUT2D eigenvalue weighted by Crippen LogP contribution is -2.57. The number of piperazine rings is 1. The van der Waals surface area contributed by atoms with Crippen LogP contribution in [0.5, 0.6) is 0 Å². The van der Waals surface area contributed by atoms with Crippen molar-refractivity contribution in [2.45, 2.75) is 69.0 Å². The molecule has 47 heavy (non-hydrogen) atoms. The molecule has 1 unspecified atom stereocenters. The molecular weight excluding hydrogens is 633 g/mol. The van der Waals surface area contributed by atoms with Gasteiger partial charge in [-0.15, -0.1) is 0 Å². The number of fused-ring (bicyclic) bond motifs is 2. The molecule has 2 aromatic carbocycles. The first-order valence-electron chi connectivity index (χ1n) is 16.8. The normalized spacial score (nSPS) is 22.7. The lowest BCUT2D eigenvalue weighted by atomic mass is 9.82. The van der Waals surface area contributed by atoms with Gasteiger partial charge >= 0.3 is 12.3 Å². The Balaban J connectivity index is 1.15. The molecule has 1 spiro atoms. The van der Waals surface area contributed by atoms with E-state index in [4.69, 9.17) is 21.1 Å². The number of hydrogen-bond donors (Lipinski definition) is 3. The highest BCUT2D eigenvalue weighted by Gasteiger charge is 2.44. The number of halogens is 4. The van der Waals surface area contributed by atoms with E-state index in [0.29, 0.717) is 44.3 Å². The minimum Gasteiger partial charge on any atom is -0.438 e. The van der Waals surface area contributed by atoms with Gasteiger partial charge in [-0.05, 0) is 56.6 Å². The Labute approximate surface area is 280 Å². The minimum absolute atomic E-state index is 0.0318. The molecule has 1 amide bonds. The van der Waals surface area contributed by atoms with Crippen molar-refractivity contribution in [3.8, 4) is 0 Å². The summed E-state index contributed by atoms with van der Waals surface area (Å²) in [6.07, 6.45) is -1.52. The van der Waals surface area contributed by atoms with Crippen LogP contribution < -0.4 is 16.0 Å². The lowest BCUT2D eigenvalue weighted by Gasteiger charge is -2.45. The van der Waals surface area contributed by atoms with Crippen LogP contribution in [-0.4, -0.2) is 105 Å². The van der Waals surface area contributed by atoms with Gasteiger partial charge in [0.15, 0.2) is 0 Å². The molecular formula is C34H46ClF3N6O3. The standard InChI is InChI=1S/C34H46ClF3N6O3/c1-23(43-15-17-44(18-16-43)25-7-11-40-12-8-25)30(21-24-19-27(34(36,37)38)31(39-2)28(35)20-24)46-22-42-13-9-33(10-14-42)26-5-3-4-6-29(26)41-32(45)47-33/h3-6,19-20,23,25,30,39-40H,7-18,21-22H2,1-2H3,(H,41,45)/t23?,30-/m1/s1. The molecule has 4 aliphatic heterocycles. The largest absolute Gasteiger partial charge is 0.438 e. The summed E-state index contributed by atoms with van der Waals surface area (Å²) >= 11 is 6.39. The van der Waals surface area contributed by atoms with Crippen LogP contribution in [0, 0.1) is 0 Å². The fraction of sp³-hybridized carbons (Fsp3) is 0.618. The number of alkyl halides is 3. The van der Waals surface area contributed by atoms with Crippen molar-refractivity contribution in [2.75, 3.05) is 76.8 Å². The molecule has 0 bridgehead atoms. The van der Waals surface area contributed by atoms with E-state index in [0.717, 1.165) is 63.4 Å². The molecule has 4 heterocycles. The molecule has 3 N–H and O–H groups in total. The van der Waals surface area contributed by atoms with E-state index in [-0.39, 0.29) is 29.3 Å². The summed E-state index contributed by atoms with van der Waals surface area (Å²) in [6, 6.07) is 11.1. The number of para-hydroxylation sites is 1. The second-order valence-corrected chi connectivity index (χ2v) is 13.7. The molecule has 2 atom stereocenters. The molecule has 2 aromatic rings. The van der Waals surface area contributed by atoms with E-state index < -0.39 is 23.4 Å². The predicted octanol–water partition coefficient (Wildman–Crippen LogP) is 5.60. The molecule has 3 fully saturated rings. The number of benzene rings is 2. The number of nitrogens with zero attached hydrogens (tertiary/aromatic N) is 3. The topological polar surface area (TPSA) is 81.3 Å². The van der Waals surface area contributed by atoms with Crippen molar-refractivity contribution in [2.24, 2.45) is 0 Å². The summed E-state index contributed by atoms with van der Waals surface area (Å²) in [6.45, 7) is 9.53. The highest BCUT2D eigenvalue weighted by atomic mass is 35.5. The molecule has 13 heteroatoms. The maximum absolute atomic E-state index is 14.0. The Bertz CT molecular complexity index is 1390. The van der Waals surface area contributed by atoms with Gasteiger partial charge < -0.3 is 20.1 Å². The van der Waals surface area contributed by atoms with Gasteiger partial charge in [-0.25, -0.2) is 4.79 Å². The fourth-order valence-electron chi connectivity index (χ4n) is 7.75. The van der Waals surface area contributed by atoms with E-state index in [1.165, 1.54) is 13.1 Å². The number of ether oxygens (including phenoxy) is 2. The highest BCUT2D eigenvalue weighted by Crippen LogP contribution is 2.43. The zero-order valence-corrected chi connectivity index (χ0v) is 27.9.